The number of hydrogen-bond acceptors (Lipinski definition) is 2. The molecule has 2 aromatic heterocycles. The molecular formula is C20H21N3O. The van der Waals surface area contributed by atoms with Gasteiger partial charge in [-0.05, 0) is 62.1 Å². The Bertz CT molecular complexity index is 926. The van der Waals surface area contributed by atoms with Crippen molar-refractivity contribution < 1.29 is 4.79 Å². The largest absolute Gasteiger partial charge is 0.326 e. The summed E-state index contributed by atoms with van der Waals surface area (Å²) in [5, 5.41) is 3.08. The van der Waals surface area contributed by atoms with E-state index < -0.39 is 0 Å². The highest BCUT2D eigenvalue weighted by Crippen LogP contribution is 2.27. The maximum atomic E-state index is 12.7. The molecule has 3 aromatic rings. The number of hydrogen-bond donors (Lipinski definition) is 1. The van der Waals surface area contributed by atoms with Crippen molar-refractivity contribution in [3.63, 3.8) is 0 Å². The Morgan fingerprint density at radius 2 is 2.08 bits per heavy atom. The molecule has 1 amide bonds. The Morgan fingerprint density at radius 3 is 2.92 bits per heavy atom. The van der Waals surface area contributed by atoms with Crippen LogP contribution >= 0.6 is 0 Å². The van der Waals surface area contributed by atoms with Crippen LogP contribution in [0.4, 0.5) is 5.69 Å². The lowest BCUT2D eigenvalue weighted by atomic mass is 9.89. The van der Waals surface area contributed by atoms with E-state index in [2.05, 4.69) is 28.5 Å². The van der Waals surface area contributed by atoms with Crippen molar-refractivity contribution in [2.24, 2.45) is 5.92 Å². The number of nitrogens with zero attached hydrogens (tertiary/aromatic N) is 2. The molecule has 1 N–H and O–H groups in total. The summed E-state index contributed by atoms with van der Waals surface area (Å²) in [5.41, 5.74) is 6.60. The molecule has 1 unspecified atom stereocenters. The van der Waals surface area contributed by atoms with Crippen molar-refractivity contribution in [2.75, 3.05) is 5.32 Å². The third-order valence-electron chi connectivity index (χ3n) is 5.03. The Balaban J connectivity index is 1.55. The lowest BCUT2D eigenvalue weighted by molar-refractivity contribution is -0.120. The van der Waals surface area contributed by atoms with Gasteiger partial charge in [0, 0.05) is 29.9 Å². The lowest BCUT2D eigenvalue weighted by Gasteiger charge is -2.21. The van der Waals surface area contributed by atoms with Gasteiger partial charge in [-0.3, -0.25) is 4.79 Å². The maximum absolute atomic E-state index is 12.7. The number of fused-ring (bicyclic) bond motifs is 3. The van der Waals surface area contributed by atoms with Crippen molar-refractivity contribution in [1.82, 2.24) is 9.38 Å². The number of pyridine rings is 1. The van der Waals surface area contributed by atoms with E-state index in [1.807, 2.05) is 42.6 Å². The van der Waals surface area contributed by atoms with E-state index in [0.717, 1.165) is 36.3 Å². The topological polar surface area (TPSA) is 46.4 Å². The van der Waals surface area contributed by atoms with Gasteiger partial charge in [0.2, 0.25) is 5.91 Å². The monoisotopic (exact) mass is 319 g/mol. The highest BCUT2D eigenvalue weighted by atomic mass is 16.1. The first-order valence-electron chi connectivity index (χ1n) is 8.45. The molecule has 4 heteroatoms. The van der Waals surface area contributed by atoms with Crippen molar-refractivity contribution in [3.05, 3.63) is 65.1 Å². The summed E-state index contributed by atoms with van der Waals surface area (Å²) in [6.45, 7) is 4.14. The van der Waals surface area contributed by atoms with Gasteiger partial charge in [0.05, 0.1) is 5.69 Å². The molecule has 0 radical (unpaired) electrons. The fourth-order valence-electron chi connectivity index (χ4n) is 3.45. The van der Waals surface area contributed by atoms with Crippen LogP contribution in [-0.4, -0.2) is 15.3 Å². The molecule has 24 heavy (non-hydrogen) atoms. The van der Waals surface area contributed by atoms with Crippen LogP contribution in [0.2, 0.25) is 0 Å². The fraction of sp³-hybridized carbons (Fsp3) is 0.300. The number of carbonyl (C=O) groups is 1. The molecule has 0 spiro atoms. The number of rotatable bonds is 2. The summed E-state index contributed by atoms with van der Waals surface area (Å²) in [7, 11) is 0. The molecule has 0 bridgehead atoms. The maximum Gasteiger partial charge on any atom is 0.227 e. The second kappa shape index (κ2) is 5.78. The zero-order valence-electron chi connectivity index (χ0n) is 14.0. The summed E-state index contributed by atoms with van der Waals surface area (Å²) in [5.74, 6) is 0.106. The molecule has 0 saturated heterocycles. The number of imidazole rings is 1. The van der Waals surface area contributed by atoms with E-state index in [4.69, 9.17) is 0 Å². The molecule has 1 atom stereocenters. The smallest absolute Gasteiger partial charge is 0.227 e. The second-order valence-electron chi connectivity index (χ2n) is 6.66. The second-order valence-corrected chi connectivity index (χ2v) is 6.66. The van der Waals surface area contributed by atoms with E-state index in [1.54, 1.807) is 0 Å². The Morgan fingerprint density at radius 1 is 1.21 bits per heavy atom. The molecule has 1 aliphatic carbocycles. The molecule has 0 saturated carbocycles. The average Bonchev–Trinajstić information content (AvgIpc) is 2.96. The minimum absolute atomic E-state index is 0.000727. The van der Waals surface area contributed by atoms with Gasteiger partial charge in [0.1, 0.15) is 5.65 Å². The van der Waals surface area contributed by atoms with Crippen molar-refractivity contribution in [3.8, 4) is 0 Å². The zero-order valence-corrected chi connectivity index (χ0v) is 14.0. The average molecular weight is 319 g/mol. The summed E-state index contributed by atoms with van der Waals surface area (Å²) in [6.07, 6.45) is 4.50. The molecular weight excluding hydrogens is 298 g/mol. The molecule has 0 aliphatic heterocycles. The number of aromatic nitrogens is 2. The fourth-order valence-corrected chi connectivity index (χ4v) is 3.45. The van der Waals surface area contributed by atoms with Gasteiger partial charge >= 0.3 is 0 Å². The van der Waals surface area contributed by atoms with Gasteiger partial charge in [-0.2, -0.15) is 0 Å². The molecule has 2 heterocycles. The standard InChI is InChI=1S/C20H21N3O/c1-13-6-8-16(11-14(13)2)21-20(24)15-7-9-17-18(12-15)23-10-4-3-5-19(23)22-17/h3-6,8,10-11,15H,7,9,12H2,1-2H3,(H,21,24). The van der Waals surface area contributed by atoms with Crippen LogP contribution in [0.3, 0.4) is 0 Å². The molecule has 1 aromatic carbocycles. The van der Waals surface area contributed by atoms with Crippen LogP contribution in [0.1, 0.15) is 28.9 Å². The van der Waals surface area contributed by atoms with Crippen molar-refractivity contribution in [2.45, 2.75) is 33.1 Å². The van der Waals surface area contributed by atoms with E-state index in [1.165, 1.54) is 16.8 Å². The van der Waals surface area contributed by atoms with Crippen molar-refractivity contribution in [1.29, 1.82) is 0 Å². The van der Waals surface area contributed by atoms with E-state index in [0.29, 0.717) is 0 Å². The predicted molar refractivity (Wildman–Crippen MR) is 95.3 cm³/mol. The first kappa shape index (κ1) is 14.9. The van der Waals surface area contributed by atoms with Crippen LogP contribution in [0.15, 0.2) is 42.6 Å². The first-order valence-corrected chi connectivity index (χ1v) is 8.45. The van der Waals surface area contributed by atoms with Gasteiger partial charge in [0.25, 0.3) is 0 Å². The number of benzene rings is 1. The van der Waals surface area contributed by atoms with Gasteiger partial charge < -0.3 is 9.72 Å². The molecule has 122 valence electrons. The van der Waals surface area contributed by atoms with Crippen LogP contribution in [0, 0.1) is 19.8 Å². The Labute approximate surface area is 141 Å². The van der Waals surface area contributed by atoms with E-state index >= 15 is 0 Å². The number of anilines is 1. The van der Waals surface area contributed by atoms with Gasteiger partial charge in [-0.1, -0.05) is 12.1 Å². The zero-order chi connectivity index (χ0) is 16.7. The van der Waals surface area contributed by atoms with E-state index in [9.17, 15) is 4.79 Å². The summed E-state index contributed by atoms with van der Waals surface area (Å²) >= 11 is 0. The third-order valence-corrected chi connectivity index (χ3v) is 5.03. The lowest BCUT2D eigenvalue weighted by Crippen LogP contribution is -2.28. The van der Waals surface area contributed by atoms with E-state index in [-0.39, 0.29) is 11.8 Å². The predicted octanol–water partition coefficient (Wildman–Crippen LogP) is 3.69. The number of nitrogens with one attached hydrogen (secondary N) is 1. The molecule has 0 fully saturated rings. The minimum Gasteiger partial charge on any atom is -0.326 e. The normalized spacial score (nSPS) is 16.8. The van der Waals surface area contributed by atoms with Gasteiger partial charge in [0.15, 0.2) is 0 Å². The number of aryl methyl sites for hydroxylation is 3. The van der Waals surface area contributed by atoms with Gasteiger partial charge in [-0.25, -0.2) is 4.98 Å². The SMILES string of the molecule is Cc1ccc(NC(=O)C2CCc3nc4ccccn4c3C2)cc1C. The summed E-state index contributed by atoms with van der Waals surface area (Å²) in [6, 6.07) is 12.1. The van der Waals surface area contributed by atoms with Gasteiger partial charge in [-0.15, -0.1) is 0 Å². The Hall–Kier alpha value is -2.62. The Kier molecular flexibility index (Phi) is 3.60. The highest BCUT2D eigenvalue weighted by Gasteiger charge is 2.28. The molecule has 1 aliphatic rings. The van der Waals surface area contributed by atoms with Crippen LogP contribution in [-0.2, 0) is 17.6 Å². The van der Waals surface area contributed by atoms with Crippen LogP contribution in [0.5, 0.6) is 0 Å². The third kappa shape index (κ3) is 2.58. The van der Waals surface area contributed by atoms with Crippen LogP contribution in [0.25, 0.3) is 5.65 Å². The first-order chi connectivity index (χ1) is 11.6. The summed E-state index contributed by atoms with van der Waals surface area (Å²) in [4.78, 5) is 17.4. The molecule has 4 nitrogen and oxygen atoms in total. The van der Waals surface area contributed by atoms with Crippen LogP contribution < -0.4 is 5.32 Å². The summed E-state index contributed by atoms with van der Waals surface area (Å²) < 4.78 is 2.12. The number of carbonyl (C=O) groups excluding carboxylic acids is 1. The van der Waals surface area contributed by atoms with Crippen molar-refractivity contribution >= 4 is 17.2 Å². The molecule has 4 rings (SSSR count). The number of amides is 1. The minimum atomic E-state index is -0.000727. The quantitative estimate of drug-likeness (QED) is 0.783. The highest BCUT2D eigenvalue weighted by molar-refractivity contribution is 5.93.